The van der Waals surface area contributed by atoms with Crippen LogP contribution in [0.2, 0.25) is 0 Å². The molecule has 2 N–H and O–H groups in total. The van der Waals surface area contributed by atoms with Gasteiger partial charge in [0.25, 0.3) is 0 Å². The zero-order valence-electron chi connectivity index (χ0n) is 11.7. The number of hydrogen-bond acceptors (Lipinski definition) is 3. The zero-order valence-corrected chi connectivity index (χ0v) is 11.7. The molecule has 0 unspecified atom stereocenters. The average Bonchev–Trinajstić information content (AvgIpc) is 3.03. The molecule has 4 heteroatoms. The number of nitrogens with zero attached hydrogens (tertiary/aromatic N) is 3. The molecule has 0 amide bonds. The third kappa shape index (κ3) is 2.69. The lowest BCUT2D eigenvalue weighted by atomic mass is 10.2. The summed E-state index contributed by atoms with van der Waals surface area (Å²) in [5.74, 6) is 1.13. The molecule has 1 aliphatic carbocycles. The smallest absolute Gasteiger partial charge is 0.206 e. The van der Waals surface area contributed by atoms with Crippen molar-refractivity contribution in [3.05, 3.63) is 11.9 Å². The van der Waals surface area contributed by atoms with Crippen LogP contribution in [0.1, 0.15) is 51.3 Å². The fraction of sp³-hybridized carbons (Fsp3) is 0.786. The van der Waals surface area contributed by atoms with E-state index in [-0.39, 0.29) is 0 Å². The first-order valence-electron chi connectivity index (χ1n) is 7.32. The molecule has 0 radical (unpaired) electrons. The van der Waals surface area contributed by atoms with Gasteiger partial charge in [0.1, 0.15) is 0 Å². The molecule has 2 rings (SSSR count). The highest BCUT2D eigenvalue weighted by Gasteiger charge is 2.22. The van der Waals surface area contributed by atoms with Crippen molar-refractivity contribution < 1.29 is 0 Å². The van der Waals surface area contributed by atoms with E-state index in [1.165, 1.54) is 31.4 Å². The van der Waals surface area contributed by atoms with Gasteiger partial charge in [0.05, 0.1) is 5.69 Å². The van der Waals surface area contributed by atoms with Crippen molar-refractivity contribution in [3.8, 4) is 0 Å². The van der Waals surface area contributed by atoms with Crippen molar-refractivity contribution in [1.29, 1.82) is 0 Å². The van der Waals surface area contributed by atoms with Crippen molar-refractivity contribution in [2.75, 3.05) is 24.5 Å². The van der Waals surface area contributed by atoms with Crippen LogP contribution in [0.5, 0.6) is 0 Å². The van der Waals surface area contributed by atoms with Crippen LogP contribution in [-0.4, -0.2) is 29.2 Å². The zero-order chi connectivity index (χ0) is 13.0. The predicted molar refractivity (Wildman–Crippen MR) is 76.1 cm³/mol. The maximum absolute atomic E-state index is 5.71. The average molecular weight is 250 g/mol. The molecule has 0 spiro atoms. The minimum Gasteiger partial charge on any atom is -0.341 e. The summed E-state index contributed by atoms with van der Waals surface area (Å²) in [6, 6.07) is 0.652. The number of anilines is 1. The molecule has 0 bridgehead atoms. The first kappa shape index (κ1) is 13.4. The summed E-state index contributed by atoms with van der Waals surface area (Å²) in [7, 11) is 0. The fourth-order valence-electron chi connectivity index (χ4n) is 2.84. The Morgan fingerprint density at radius 2 is 2.11 bits per heavy atom. The molecular formula is C14H26N4. The maximum atomic E-state index is 5.71. The molecule has 1 aliphatic rings. The quantitative estimate of drug-likeness (QED) is 0.843. The Balaban J connectivity index is 2.27. The summed E-state index contributed by atoms with van der Waals surface area (Å²) in [5.41, 5.74) is 6.91. The summed E-state index contributed by atoms with van der Waals surface area (Å²) in [6.45, 7) is 6.90. The van der Waals surface area contributed by atoms with Crippen LogP contribution in [0.3, 0.4) is 0 Å². The lowest BCUT2D eigenvalue weighted by Gasteiger charge is -2.24. The molecule has 1 heterocycles. The highest BCUT2D eigenvalue weighted by molar-refractivity contribution is 5.34. The lowest BCUT2D eigenvalue weighted by molar-refractivity contribution is 0.512. The van der Waals surface area contributed by atoms with Gasteiger partial charge in [0, 0.05) is 31.9 Å². The molecule has 1 aromatic heterocycles. The molecule has 0 aromatic carbocycles. The van der Waals surface area contributed by atoms with Crippen LogP contribution in [0.15, 0.2) is 6.20 Å². The van der Waals surface area contributed by atoms with Crippen LogP contribution >= 0.6 is 0 Å². The monoisotopic (exact) mass is 250 g/mol. The minimum absolute atomic E-state index is 0.652. The van der Waals surface area contributed by atoms with E-state index in [0.29, 0.717) is 12.6 Å². The standard InChI is InChI=1S/C14H26N4/c1-3-12-11-18(13-7-5-6-8-13)14(16-12)17(4-2)10-9-15/h11,13H,3-10,15H2,1-2H3. The van der Waals surface area contributed by atoms with E-state index in [4.69, 9.17) is 10.7 Å². The van der Waals surface area contributed by atoms with E-state index in [1.807, 2.05) is 0 Å². The first-order chi connectivity index (χ1) is 8.80. The van der Waals surface area contributed by atoms with Gasteiger partial charge >= 0.3 is 0 Å². The van der Waals surface area contributed by atoms with Crippen molar-refractivity contribution >= 4 is 5.95 Å². The number of hydrogen-bond donors (Lipinski definition) is 1. The maximum Gasteiger partial charge on any atom is 0.206 e. The second kappa shape index (κ2) is 6.23. The van der Waals surface area contributed by atoms with Crippen LogP contribution < -0.4 is 10.6 Å². The third-order valence-electron chi connectivity index (χ3n) is 3.91. The van der Waals surface area contributed by atoms with Gasteiger partial charge in [0.15, 0.2) is 0 Å². The van der Waals surface area contributed by atoms with Crippen molar-refractivity contribution in [3.63, 3.8) is 0 Å². The van der Waals surface area contributed by atoms with E-state index < -0.39 is 0 Å². The number of rotatable bonds is 6. The Morgan fingerprint density at radius 1 is 1.39 bits per heavy atom. The van der Waals surface area contributed by atoms with E-state index in [0.717, 1.165) is 25.5 Å². The van der Waals surface area contributed by atoms with E-state index in [9.17, 15) is 0 Å². The van der Waals surface area contributed by atoms with Gasteiger partial charge in [0.2, 0.25) is 5.95 Å². The summed E-state index contributed by atoms with van der Waals surface area (Å²) in [6.07, 6.45) is 8.57. The molecule has 18 heavy (non-hydrogen) atoms. The van der Waals surface area contributed by atoms with E-state index in [2.05, 4.69) is 29.5 Å². The van der Waals surface area contributed by atoms with Gasteiger partial charge in [-0.05, 0) is 26.2 Å². The summed E-state index contributed by atoms with van der Waals surface area (Å²) < 4.78 is 2.41. The largest absolute Gasteiger partial charge is 0.341 e. The molecule has 4 nitrogen and oxygen atoms in total. The Bertz CT molecular complexity index is 366. The predicted octanol–water partition coefficient (Wildman–Crippen LogP) is 2.35. The van der Waals surface area contributed by atoms with Gasteiger partial charge < -0.3 is 15.2 Å². The third-order valence-corrected chi connectivity index (χ3v) is 3.91. The van der Waals surface area contributed by atoms with Crippen LogP contribution in [0.25, 0.3) is 0 Å². The van der Waals surface area contributed by atoms with Crippen molar-refractivity contribution in [2.24, 2.45) is 5.73 Å². The number of aryl methyl sites for hydroxylation is 1. The normalized spacial score (nSPS) is 16.4. The Kier molecular flexibility index (Phi) is 4.64. The lowest BCUT2D eigenvalue weighted by Crippen LogP contribution is -2.32. The molecule has 0 aliphatic heterocycles. The molecule has 1 aromatic rings. The fourth-order valence-corrected chi connectivity index (χ4v) is 2.84. The van der Waals surface area contributed by atoms with Gasteiger partial charge in [-0.1, -0.05) is 19.8 Å². The molecule has 1 fully saturated rings. The molecule has 0 saturated heterocycles. The summed E-state index contributed by atoms with van der Waals surface area (Å²) >= 11 is 0. The SMILES string of the molecule is CCc1cn(C2CCCC2)c(N(CC)CCN)n1. The Labute approximate surface area is 110 Å². The minimum atomic E-state index is 0.652. The van der Waals surface area contributed by atoms with Gasteiger partial charge in [-0.2, -0.15) is 0 Å². The number of likely N-dealkylation sites (N-methyl/N-ethyl adjacent to an activating group) is 1. The van der Waals surface area contributed by atoms with Crippen molar-refractivity contribution in [1.82, 2.24) is 9.55 Å². The first-order valence-corrected chi connectivity index (χ1v) is 7.32. The highest BCUT2D eigenvalue weighted by atomic mass is 15.3. The van der Waals surface area contributed by atoms with Crippen LogP contribution in [-0.2, 0) is 6.42 Å². The second-order valence-corrected chi connectivity index (χ2v) is 5.10. The molecule has 1 saturated carbocycles. The van der Waals surface area contributed by atoms with Crippen LogP contribution in [0.4, 0.5) is 5.95 Å². The highest BCUT2D eigenvalue weighted by Crippen LogP contribution is 2.33. The van der Waals surface area contributed by atoms with Crippen LogP contribution in [0, 0.1) is 0 Å². The summed E-state index contributed by atoms with van der Waals surface area (Å²) in [4.78, 5) is 7.10. The molecule has 102 valence electrons. The number of aromatic nitrogens is 2. The Hall–Kier alpha value is -1.03. The van der Waals surface area contributed by atoms with Gasteiger partial charge in [-0.25, -0.2) is 4.98 Å². The molecular weight excluding hydrogens is 224 g/mol. The van der Waals surface area contributed by atoms with E-state index >= 15 is 0 Å². The van der Waals surface area contributed by atoms with Gasteiger partial charge in [-0.15, -0.1) is 0 Å². The van der Waals surface area contributed by atoms with Gasteiger partial charge in [-0.3, -0.25) is 0 Å². The van der Waals surface area contributed by atoms with E-state index in [1.54, 1.807) is 0 Å². The van der Waals surface area contributed by atoms with Crippen molar-refractivity contribution in [2.45, 2.75) is 52.0 Å². The topological polar surface area (TPSA) is 47.1 Å². The Morgan fingerprint density at radius 3 is 2.67 bits per heavy atom. The number of imidazole rings is 1. The number of nitrogens with two attached hydrogens (primary N) is 1. The molecule has 0 atom stereocenters. The second-order valence-electron chi connectivity index (χ2n) is 5.10. The summed E-state index contributed by atoms with van der Waals surface area (Å²) in [5, 5.41) is 0.